The zero-order valence-corrected chi connectivity index (χ0v) is 27.3. The summed E-state index contributed by atoms with van der Waals surface area (Å²) in [7, 11) is 1.41. The second kappa shape index (κ2) is 34.2. The van der Waals surface area contributed by atoms with Crippen LogP contribution in [-0.4, -0.2) is 10.2 Å². The summed E-state index contributed by atoms with van der Waals surface area (Å²) in [6.45, 7) is 2.31. The number of rotatable bonds is 32. The Morgan fingerprint density at radius 1 is 0.229 bits per heavy atom. The number of hydrogen-bond donors (Lipinski definition) is 0. The van der Waals surface area contributed by atoms with Gasteiger partial charge < -0.3 is 0 Å². The molecule has 0 radical (unpaired) electrons. The third kappa shape index (κ3) is 34.2. The molecule has 0 bridgehead atoms. The molecule has 0 amide bonds. The van der Waals surface area contributed by atoms with Gasteiger partial charge in [0.05, 0.1) is 0 Å². The van der Waals surface area contributed by atoms with Crippen molar-refractivity contribution in [1.29, 1.82) is 0 Å². The van der Waals surface area contributed by atoms with Gasteiger partial charge in [-0.05, 0) is 0 Å². The minimum Gasteiger partial charge on any atom is -0.0658 e. The Morgan fingerprint density at radius 2 is 0.371 bits per heavy atom. The molecule has 0 aromatic heterocycles. The first-order chi connectivity index (χ1) is 17.4. The van der Waals surface area contributed by atoms with E-state index in [1.54, 1.807) is 0 Å². The van der Waals surface area contributed by atoms with Crippen molar-refractivity contribution in [2.24, 2.45) is 0 Å². The third-order valence-corrected chi connectivity index (χ3v) is 8.91. The van der Waals surface area contributed by atoms with E-state index in [1.807, 2.05) is 0 Å². The molecule has 1 heteroatoms. The van der Waals surface area contributed by atoms with Gasteiger partial charge in [-0.3, -0.25) is 0 Å². The Kier molecular flexibility index (Phi) is 34.4. The van der Waals surface area contributed by atoms with Crippen LogP contribution < -0.4 is 0 Å². The molecular formula is C34H72Si. The highest BCUT2D eigenvalue weighted by atomic mass is 28.1. The average molecular weight is 509 g/mol. The topological polar surface area (TPSA) is 0 Å². The van der Waals surface area contributed by atoms with E-state index in [0.717, 1.165) is 0 Å². The maximum Gasteiger partial charge on any atom is 0.00279 e. The molecule has 0 aromatic carbocycles. The van der Waals surface area contributed by atoms with E-state index in [4.69, 9.17) is 0 Å². The van der Waals surface area contributed by atoms with Gasteiger partial charge in [-0.1, -0.05) is 218 Å². The quantitative estimate of drug-likeness (QED) is 0.0625. The van der Waals surface area contributed by atoms with Crippen LogP contribution in [0.2, 0.25) is 6.04 Å². The number of unbranched alkanes of at least 4 members (excludes halogenated alkanes) is 31. The molecule has 0 saturated carbocycles. The van der Waals surface area contributed by atoms with Crippen LogP contribution in [0, 0.1) is 0 Å². The van der Waals surface area contributed by atoms with Crippen LogP contribution in [0.15, 0.2) is 0 Å². The van der Waals surface area contributed by atoms with E-state index in [9.17, 15) is 0 Å². The van der Waals surface area contributed by atoms with Crippen molar-refractivity contribution in [3.05, 3.63) is 0 Å². The van der Waals surface area contributed by atoms with Gasteiger partial charge >= 0.3 is 0 Å². The molecule has 0 aliphatic rings. The molecule has 35 heavy (non-hydrogen) atoms. The molecule has 0 rings (SSSR count). The van der Waals surface area contributed by atoms with Crippen LogP contribution in [-0.2, 0) is 0 Å². The first-order valence-corrected chi connectivity index (χ1v) is 18.8. The lowest BCUT2D eigenvalue weighted by Crippen LogP contribution is -1.85. The lowest BCUT2D eigenvalue weighted by Gasteiger charge is -2.04. The van der Waals surface area contributed by atoms with Gasteiger partial charge in [0.1, 0.15) is 0 Å². The maximum atomic E-state index is 2.31. The molecule has 0 aliphatic carbocycles. The minimum atomic E-state index is 1.38. The summed E-state index contributed by atoms with van der Waals surface area (Å²) < 4.78 is 0. The third-order valence-electron chi connectivity index (χ3n) is 8.21. The van der Waals surface area contributed by atoms with Crippen molar-refractivity contribution in [2.45, 2.75) is 218 Å². The van der Waals surface area contributed by atoms with Crippen LogP contribution in [0.1, 0.15) is 212 Å². The summed E-state index contributed by atoms with van der Waals surface area (Å²) in [5.74, 6) is 0. The monoisotopic (exact) mass is 509 g/mol. The highest BCUT2D eigenvalue weighted by Gasteiger charge is 1.97. The molecule has 0 atom stereocenters. The summed E-state index contributed by atoms with van der Waals surface area (Å²) in [6, 6.07) is 1.51. The summed E-state index contributed by atoms with van der Waals surface area (Å²) in [6.07, 6.45) is 47.7. The van der Waals surface area contributed by atoms with Gasteiger partial charge in [-0.15, -0.1) is 0 Å². The van der Waals surface area contributed by atoms with Crippen LogP contribution in [0.5, 0.6) is 0 Å². The van der Waals surface area contributed by atoms with E-state index in [1.165, 1.54) is 222 Å². The smallest absolute Gasteiger partial charge is 0.00279 e. The molecule has 0 aromatic rings. The Bertz CT molecular complexity index is 307. The Hall–Kier alpha value is 0.217. The highest BCUT2D eigenvalue weighted by molar-refractivity contribution is 6.08. The molecule has 0 spiro atoms. The Labute approximate surface area is 228 Å². The van der Waals surface area contributed by atoms with Crippen LogP contribution in [0.25, 0.3) is 0 Å². The molecule has 212 valence electrons. The predicted molar refractivity (Wildman–Crippen MR) is 168 cm³/mol. The molecule has 0 heterocycles. The predicted octanol–water partition coefficient (Wildman–Crippen LogP) is 12.3. The molecule has 0 unspecified atom stereocenters. The maximum absolute atomic E-state index is 2.31. The fourth-order valence-electron chi connectivity index (χ4n) is 5.63. The van der Waals surface area contributed by atoms with Crippen molar-refractivity contribution in [1.82, 2.24) is 0 Å². The zero-order chi connectivity index (χ0) is 25.3. The normalized spacial score (nSPS) is 11.6. The first-order valence-electron chi connectivity index (χ1n) is 17.4. The molecule has 0 aliphatic heterocycles. The fraction of sp³-hybridized carbons (Fsp3) is 1.00. The van der Waals surface area contributed by atoms with Crippen molar-refractivity contribution in [3.63, 3.8) is 0 Å². The molecule has 0 fully saturated rings. The molecule has 0 saturated heterocycles. The van der Waals surface area contributed by atoms with E-state index >= 15 is 0 Å². The standard InChI is InChI=1S/C34H72Si/c1-2-3-4-5-6-7-8-9-10-11-12-13-14-15-16-17-18-19-20-21-22-23-24-25-26-27-28-29-30-31-32-33-34-35/h2-34H2,1,35H3. The van der Waals surface area contributed by atoms with Gasteiger partial charge in [0.2, 0.25) is 0 Å². The van der Waals surface area contributed by atoms with E-state index < -0.39 is 0 Å². The molecule has 0 nitrogen and oxygen atoms in total. The van der Waals surface area contributed by atoms with Crippen molar-refractivity contribution >= 4 is 10.2 Å². The Balaban J connectivity index is 3.00. The van der Waals surface area contributed by atoms with Crippen molar-refractivity contribution in [3.8, 4) is 0 Å². The van der Waals surface area contributed by atoms with E-state index in [0.29, 0.717) is 0 Å². The van der Waals surface area contributed by atoms with Gasteiger partial charge in [0.15, 0.2) is 0 Å². The summed E-state index contributed by atoms with van der Waals surface area (Å²) in [5, 5.41) is 0. The highest BCUT2D eigenvalue weighted by Crippen LogP contribution is 2.16. The lowest BCUT2D eigenvalue weighted by atomic mass is 10.0. The van der Waals surface area contributed by atoms with Crippen LogP contribution in [0.3, 0.4) is 0 Å². The van der Waals surface area contributed by atoms with Gasteiger partial charge in [0, 0.05) is 10.2 Å². The van der Waals surface area contributed by atoms with Gasteiger partial charge in [-0.25, -0.2) is 0 Å². The van der Waals surface area contributed by atoms with Gasteiger partial charge in [0.25, 0.3) is 0 Å². The lowest BCUT2D eigenvalue weighted by molar-refractivity contribution is 0.512. The molecular weight excluding hydrogens is 436 g/mol. The summed E-state index contributed by atoms with van der Waals surface area (Å²) in [4.78, 5) is 0. The summed E-state index contributed by atoms with van der Waals surface area (Å²) in [5.41, 5.74) is 0. The zero-order valence-electron chi connectivity index (χ0n) is 25.3. The van der Waals surface area contributed by atoms with E-state index in [-0.39, 0.29) is 0 Å². The minimum absolute atomic E-state index is 1.38. The Morgan fingerprint density at radius 3 is 0.514 bits per heavy atom. The fourth-order valence-corrected chi connectivity index (χ4v) is 6.13. The largest absolute Gasteiger partial charge is 0.0658 e. The van der Waals surface area contributed by atoms with Crippen molar-refractivity contribution < 1.29 is 0 Å². The molecule has 0 N–H and O–H groups in total. The van der Waals surface area contributed by atoms with Crippen LogP contribution in [0.4, 0.5) is 0 Å². The second-order valence-corrected chi connectivity index (χ2v) is 13.0. The first kappa shape index (κ1) is 35.2. The van der Waals surface area contributed by atoms with E-state index in [2.05, 4.69) is 6.92 Å². The average Bonchev–Trinajstić information content (AvgIpc) is 2.87. The number of hydrogen-bond acceptors (Lipinski definition) is 0. The SMILES string of the molecule is CCCCCCCCCCCCCCCCCCCCCCCCCCCCCCCCCC[SiH3]. The van der Waals surface area contributed by atoms with Crippen LogP contribution >= 0.6 is 0 Å². The van der Waals surface area contributed by atoms with Gasteiger partial charge in [-0.2, -0.15) is 0 Å². The van der Waals surface area contributed by atoms with Crippen molar-refractivity contribution in [2.75, 3.05) is 0 Å². The summed E-state index contributed by atoms with van der Waals surface area (Å²) >= 11 is 0. The second-order valence-electron chi connectivity index (χ2n) is 12.0.